The first-order chi connectivity index (χ1) is 15.5. The molecule has 0 saturated heterocycles. The van der Waals surface area contributed by atoms with Crippen LogP contribution in [-0.2, 0) is 11.2 Å². The number of aromatic nitrogens is 5. The number of anilines is 1. The monoisotopic (exact) mass is 429 g/mol. The van der Waals surface area contributed by atoms with E-state index in [1.807, 2.05) is 37.4 Å². The lowest BCUT2D eigenvalue weighted by molar-refractivity contribution is -0.118. The van der Waals surface area contributed by atoms with Crippen LogP contribution in [0.2, 0.25) is 0 Å². The zero-order valence-corrected chi connectivity index (χ0v) is 17.2. The van der Waals surface area contributed by atoms with E-state index in [1.54, 1.807) is 16.8 Å². The number of primary amides is 1. The zero-order chi connectivity index (χ0) is 22.2. The summed E-state index contributed by atoms with van der Waals surface area (Å²) in [5, 5.41) is 8.62. The molecule has 0 saturated carbocycles. The van der Waals surface area contributed by atoms with Gasteiger partial charge in [-0.3, -0.25) is 9.78 Å². The molecule has 4 aromatic heterocycles. The van der Waals surface area contributed by atoms with E-state index in [4.69, 9.17) is 5.73 Å². The Hall–Kier alpha value is -4.27. The Morgan fingerprint density at radius 3 is 2.91 bits per heavy atom. The Bertz CT molecular complexity index is 1460. The SMILES string of the molecule is Cc1cnn2c(N[C@@H](Cc3c[nH]c4ccccc34)C(N)=O)cc(-c3cncc(F)c3)nc12. The summed E-state index contributed by atoms with van der Waals surface area (Å²) in [6.07, 6.45) is 6.61. The van der Waals surface area contributed by atoms with Crippen molar-refractivity contribution in [3.8, 4) is 11.3 Å². The van der Waals surface area contributed by atoms with E-state index in [9.17, 15) is 9.18 Å². The fourth-order valence-corrected chi connectivity index (χ4v) is 3.80. The third-order valence-electron chi connectivity index (χ3n) is 5.41. The topological polar surface area (TPSA) is 114 Å². The van der Waals surface area contributed by atoms with E-state index in [0.29, 0.717) is 29.1 Å². The van der Waals surface area contributed by atoms with Crippen LogP contribution in [0, 0.1) is 12.7 Å². The third-order valence-corrected chi connectivity index (χ3v) is 5.41. The highest BCUT2D eigenvalue weighted by atomic mass is 19.1. The van der Waals surface area contributed by atoms with Gasteiger partial charge in [0.2, 0.25) is 5.91 Å². The first kappa shape index (κ1) is 19.7. The molecule has 1 aromatic carbocycles. The molecule has 0 aliphatic rings. The maximum atomic E-state index is 13.8. The van der Waals surface area contributed by atoms with Gasteiger partial charge in [0.25, 0.3) is 0 Å². The van der Waals surface area contributed by atoms with Gasteiger partial charge in [-0.25, -0.2) is 9.37 Å². The third kappa shape index (κ3) is 3.53. The lowest BCUT2D eigenvalue weighted by atomic mass is 10.0. The van der Waals surface area contributed by atoms with Gasteiger partial charge in [-0.05, 0) is 24.6 Å². The van der Waals surface area contributed by atoms with E-state index in [1.165, 1.54) is 12.3 Å². The molecule has 0 spiro atoms. The summed E-state index contributed by atoms with van der Waals surface area (Å²) >= 11 is 0. The van der Waals surface area contributed by atoms with E-state index >= 15 is 0 Å². The van der Waals surface area contributed by atoms with Crippen molar-refractivity contribution < 1.29 is 9.18 Å². The predicted octanol–water partition coefficient (Wildman–Crippen LogP) is 3.23. The molecular weight excluding hydrogens is 409 g/mol. The van der Waals surface area contributed by atoms with Gasteiger partial charge in [0, 0.05) is 46.9 Å². The number of benzene rings is 1. The number of aryl methyl sites for hydroxylation is 1. The molecule has 0 radical (unpaired) electrons. The summed E-state index contributed by atoms with van der Waals surface area (Å²) in [5.74, 6) is -0.442. The number of nitrogens with zero attached hydrogens (tertiary/aromatic N) is 4. The molecule has 1 atom stereocenters. The van der Waals surface area contributed by atoms with Crippen LogP contribution in [0.25, 0.3) is 27.8 Å². The molecule has 0 aliphatic carbocycles. The number of carbonyl (C=O) groups is 1. The average molecular weight is 429 g/mol. The number of para-hydroxylation sites is 1. The minimum atomic E-state index is -0.706. The molecule has 0 bridgehead atoms. The summed E-state index contributed by atoms with van der Waals surface area (Å²) in [4.78, 5) is 24.1. The van der Waals surface area contributed by atoms with Gasteiger partial charge in [-0.1, -0.05) is 18.2 Å². The second-order valence-electron chi connectivity index (χ2n) is 7.64. The maximum absolute atomic E-state index is 13.8. The standard InChI is InChI=1S/C23H20FN7O/c1-13-9-28-31-21(8-19(30-23(13)31)15-6-16(24)12-26-10-15)29-20(22(25)32)7-14-11-27-18-5-3-2-4-17(14)18/h2-6,8-12,20,27,29H,7H2,1H3,(H2,25,32)/t20-/m0/s1. The first-order valence-electron chi connectivity index (χ1n) is 10.1. The number of nitrogens with one attached hydrogen (secondary N) is 2. The summed E-state index contributed by atoms with van der Waals surface area (Å²) < 4.78 is 15.4. The molecular formula is C23H20FN7O. The van der Waals surface area contributed by atoms with Crippen LogP contribution < -0.4 is 11.1 Å². The Balaban J connectivity index is 1.55. The molecule has 0 fully saturated rings. The largest absolute Gasteiger partial charge is 0.368 e. The van der Waals surface area contributed by atoms with Gasteiger partial charge in [-0.2, -0.15) is 9.61 Å². The minimum absolute atomic E-state index is 0.375. The quantitative estimate of drug-likeness (QED) is 0.383. The fraction of sp³-hybridized carbons (Fsp3) is 0.130. The van der Waals surface area contributed by atoms with Crippen LogP contribution in [0.3, 0.4) is 0 Å². The highest BCUT2D eigenvalue weighted by molar-refractivity contribution is 5.87. The number of halogens is 1. The number of H-pyrrole nitrogens is 1. The molecule has 1 amide bonds. The van der Waals surface area contributed by atoms with Crippen molar-refractivity contribution in [3.05, 3.63) is 78.1 Å². The summed E-state index contributed by atoms with van der Waals surface area (Å²) in [5.41, 5.74) is 10.1. The van der Waals surface area contributed by atoms with Gasteiger partial charge in [-0.15, -0.1) is 0 Å². The number of aromatic amines is 1. The number of rotatable bonds is 6. The van der Waals surface area contributed by atoms with Crippen LogP contribution in [0.1, 0.15) is 11.1 Å². The van der Waals surface area contributed by atoms with Gasteiger partial charge < -0.3 is 16.0 Å². The lowest BCUT2D eigenvalue weighted by Crippen LogP contribution is -2.37. The fourth-order valence-electron chi connectivity index (χ4n) is 3.80. The number of pyridine rings is 1. The van der Waals surface area contributed by atoms with Crippen molar-refractivity contribution in [3.63, 3.8) is 0 Å². The van der Waals surface area contributed by atoms with Crippen molar-refractivity contribution in [1.29, 1.82) is 0 Å². The van der Waals surface area contributed by atoms with Crippen LogP contribution in [0.15, 0.2) is 61.2 Å². The van der Waals surface area contributed by atoms with Crippen molar-refractivity contribution in [2.75, 3.05) is 5.32 Å². The highest BCUT2D eigenvalue weighted by Gasteiger charge is 2.21. The maximum Gasteiger partial charge on any atom is 0.240 e. The predicted molar refractivity (Wildman–Crippen MR) is 120 cm³/mol. The summed E-state index contributed by atoms with van der Waals surface area (Å²) in [7, 11) is 0. The molecule has 9 heteroatoms. The molecule has 5 aromatic rings. The molecule has 8 nitrogen and oxygen atoms in total. The Morgan fingerprint density at radius 1 is 1.25 bits per heavy atom. The first-order valence-corrected chi connectivity index (χ1v) is 10.1. The van der Waals surface area contributed by atoms with Crippen molar-refractivity contribution in [2.24, 2.45) is 5.73 Å². The Kier molecular flexibility index (Phi) is 4.78. The second-order valence-corrected chi connectivity index (χ2v) is 7.64. The Morgan fingerprint density at radius 2 is 2.09 bits per heavy atom. The van der Waals surface area contributed by atoms with Crippen molar-refractivity contribution >= 4 is 28.3 Å². The van der Waals surface area contributed by atoms with E-state index in [-0.39, 0.29) is 0 Å². The van der Waals surface area contributed by atoms with Crippen molar-refractivity contribution in [1.82, 2.24) is 24.6 Å². The van der Waals surface area contributed by atoms with Gasteiger partial charge in [0.1, 0.15) is 17.7 Å². The molecule has 4 heterocycles. The smallest absolute Gasteiger partial charge is 0.240 e. The normalized spacial score (nSPS) is 12.3. The number of hydrogen-bond donors (Lipinski definition) is 3. The molecule has 0 aliphatic heterocycles. The summed E-state index contributed by atoms with van der Waals surface area (Å²) in [6.45, 7) is 1.88. The minimum Gasteiger partial charge on any atom is -0.368 e. The zero-order valence-electron chi connectivity index (χ0n) is 17.2. The second kappa shape index (κ2) is 7.77. The Labute approximate surface area is 182 Å². The molecule has 32 heavy (non-hydrogen) atoms. The van der Waals surface area contributed by atoms with Crippen LogP contribution in [0.5, 0.6) is 0 Å². The van der Waals surface area contributed by atoms with E-state index in [2.05, 4.69) is 25.4 Å². The number of carbonyl (C=O) groups excluding carboxylic acids is 1. The van der Waals surface area contributed by atoms with Gasteiger partial charge in [0.05, 0.1) is 18.1 Å². The average Bonchev–Trinajstić information content (AvgIpc) is 3.37. The molecule has 4 N–H and O–H groups in total. The van der Waals surface area contributed by atoms with Crippen molar-refractivity contribution in [2.45, 2.75) is 19.4 Å². The van der Waals surface area contributed by atoms with Crippen LogP contribution in [0.4, 0.5) is 10.2 Å². The molecule has 0 unspecified atom stereocenters. The van der Waals surface area contributed by atoms with E-state index in [0.717, 1.165) is 28.2 Å². The van der Waals surface area contributed by atoms with E-state index < -0.39 is 17.8 Å². The number of amides is 1. The highest BCUT2D eigenvalue weighted by Crippen LogP contribution is 2.25. The number of hydrogen-bond acceptors (Lipinski definition) is 5. The number of fused-ring (bicyclic) bond motifs is 2. The summed E-state index contributed by atoms with van der Waals surface area (Å²) in [6, 6.07) is 10.2. The van der Waals surface area contributed by atoms with Crippen LogP contribution in [-0.4, -0.2) is 36.5 Å². The molecule has 5 rings (SSSR count). The van der Waals surface area contributed by atoms with Gasteiger partial charge in [0.15, 0.2) is 5.65 Å². The number of nitrogens with two attached hydrogens (primary N) is 1. The van der Waals surface area contributed by atoms with Crippen LogP contribution >= 0.6 is 0 Å². The lowest BCUT2D eigenvalue weighted by Gasteiger charge is -2.18. The van der Waals surface area contributed by atoms with Gasteiger partial charge >= 0.3 is 0 Å². The molecule has 160 valence electrons.